The Bertz CT molecular complexity index is 669. The zero-order chi connectivity index (χ0) is 16.5. The number of carbonyl (C=O) groups excluding carboxylic acids is 1. The summed E-state index contributed by atoms with van der Waals surface area (Å²) >= 11 is 0. The standard InChI is InChI=1S/C18H21N3O2/c19-16-11-6-10-15(17(16)20)9-4-5-12-21-18(22)23-13-14-7-2-1-3-8-14/h1-4,6-11H,5,12-13,19-20H2,(H,21,22). The predicted octanol–water partition coefficient (Wildman–Crippen LogP) is 3.18. The van der Waals surface area contributed by atoms with E-state index in [9.17, 15) is 4.79 Å². The minimum absolute atomic E-state index is 0.266. The molecule has 0 bridgehead atoms. The van der Waals surface area contributed by atoms with Crippen LogP contribution in [0, 0.1) is 0 Å². The zero-order valence-electron chi connectivity index (χ0n) is 12.9. The second kappa shape index (κ2) is 8.48. The number of nitrogens with one attached hydrogen (secondary N) is 1. The number of amides is 1. The number of alkyl carbamates (subject to hydrolysis) is 1. The quantitative estimate of drug-likeness (QED) is 0.564. The van der Waals surface area contributed by atoms with Crippen LogP contribution in [0.15, 0.2) is 54.6 Å². The molecule has 2 rings (SSSR count). The van der Waals surface area contributed by atoms with Crippen LogP contribution in [0.25, 0.3) is 6.08 Å². The lowest BCUT2D eigenvalue weighted by Gasteiger charge is -2.06. The molecule has 1 amide bonds. The van der Waals surface area contributed by atoms with Gasteiger partial charge in [0.15, 0.2) is 0 Å². The molecule has 0 saturated heterocycles. The number of para-hydroxylation sites is 1. The van der Waals surface area contributed by atoms with Crippen LogP contribution in [-0.4, -0.2) is 12.6 Å². The number of nitrogen functional groups attached to an aromatic ring is 2. The highest BCUT2D eigenvalue weighted by Crippen LogP contribution is 2.20. The third-order valence-electron chi connectivity index (χ3n) is 3.26. The van der Waals surface area contributed by atoms with Crippen LogP contribution in [0.5, 0.6) is 0 Å². The summed E-state index contributed by atoms with van der Waals surface area (Å²) in [5, 5.41) is 2.70. The maximum Gasteiger partial charge on any atom is 0.407 e. The monoisotopic (exact) mass is 311 g/mol. The third kappa shape index (κ3) is 5.39. The van der Waals surface area contributed by atoms with E-state index < -0.39 is 6.09 Å². The van der Waals surface area contributed by atoms with E-state index in [4.69, 9.17) is 16.2 Å². The van der Waals surface area contributed by atoms with Gasteiger partial charge in [-0.05, 0) is 23.6 Å². The number of hydrogen-bond acceptors (Lipinski definition) is 4. The van der Waals surface area contributed by atoms with Crippen molar-refractivity contribution < 1.29 is 9.53 Å². The van der Waals surface area contributed by atoms with E-state index in [1.165, 1.54) is 0 Å². The first kappa shape index (κ1) is 16.4. The lowest BCUT2D eigenvalue weighted by Crippen LogP contribution is -2.24. The molecule has 23 heavy (non-hydrogen) atoms. The van der Waals surface area contributed by atoms with Crippen LogP contribution in [0.3, 0.4) is 0 Å². The predicted molar refractivity (Wildman–Crippen MR) is 93.5 cm³/mol. The van der Waals surface area contributed by atoms with Crippen molar-refractivity contribution in [2.75, 3.05) is 18.0 Å². The number of anilines is 2. The molecule has 0 fully saturated rings. The molecular formula is C18H21N3O2. The van der Waals surface area contributed by atoms with Crippen LogP contribution >= 0.6 is 0 Å². The van der Waals surface area contributed by atoms with E-state index in [0.717, 1.165) is 11.1 Å². The normalized spacial score (nSPS) is 10.6. The number of benzene rings is 2. The van der Waals surface area contributed by atoms with Gasteiger partial charge in [0.25, 0.3) is 0 Å². The Kier molecular flexibility index (Phi) is 6.06. The van der Waals surface area contributed by atoms with Crippen LogP contribution < -0.4 is 16.8 Å². The van der Waals surface area contributed by atoms with E-state index in [1.807, 2.05) is 54.6 Å². The van der Waals surface area contributed by atoms with Crippen LogP contribution in [0.4, 0.5) is 16.2 Å². The summed E-state index contributed by atoms with van der Waals surface area (Å²) in [7, 11) is 0. The largest absolute Gasteiger partial charge is 0.445 e. The Morgan fingerprint density at radius 3 is 2.65 bits per heavy atom. The van der Waals surface area contributed by atoms with Crippen molar-refractivity contribution in [2.45, 2.75) is 13.0 Å². The lowest BCUT2D eigenvalue weighted by atomic mass is 10.1. The molecule has 0 unspecified atom stereocenters. The molecule has 2 aromatic rings. The lowest BCUT2D eigenvalue weighted by molar-refractivity contribution is 0.140. The van der Waals surface area contributed by atoms with Crippen molar-refractivity contribution in [1.82, 2.24) is 5.32 Å². The van der Waals surface area contributed by atoms with Gasteiger partial charge in [0.2, 0.25) is 0 Å². The minimum atomic E-state index is -0.425. The van der Waals surface area contributed by atoms with Crippen LogP contribution in [-0.2, 0) is 11.3 Å². The number of carbonyl (C=O) groups is 1. The van der Waals surface area contributed by atoms with Crippen LogP contribution in [0.2, 0.25) is 0 Å². The summed E-state index contributed by atoms with van der Waals surface area (Å²) in [6.07, 6.45) is 4.07. The van der Waals surface area contributed by atoms with Gasteiger partial charge in [-0.15, -0.1) is 0 Å². The Labute approximate surface area is 135 Å². The summed E-state index contributed by atoms with van der Waals surface area (Å²) in [6, 6.07) is 15.1. The molecule has 0 saturated carbocycles. The second-order valence-electron chi connectivity index (χ2n) is 5.03. The first-order valence-corrected chi connectivity index (χ1v) is 7.42. The molecule has 0 aliphatic heterocycles. The van der Waals surface area contributed by atoms with Gasteiger partial charge in [-0.25, -0.2) is 4.79 Å². The van der Waals surface area contributed by atoms with Gasteiger partial charge in [-0.2, -0.15) is 0 Å². The first-order valence-electron chi connectivity index (χ1n) is 7.42. The molecule has 0 radical (unpaired) electrons. The smallest absolute Gasteiger partial charge is 0.407 e. The van der Waals surface area contributed by atoms with Gasteiger partial charge < -0.3 is 21.5 Å². The fraction of sp³-hybridized carbons (Fsp3) is 0.167. The highest BCUT2D eigenvalue weighted by molar-refractivity contribution is 5.75. The topological polar surface area (TPSA) is 90.4 Å². The molecule has 5 heteroatoms. The molecule has 0 aliphatic carbocycles. The van der Waals surface area contributed by atoms with Crippen molar-refractivity contribution in [2.24, 2.45) is 0 Å². The average Bonchev–Trinajstić information content (AvgIpc) is 2.57. The molecule has 5 N–H and O–H groups in total. The molecule has 5 nitrogen and oxygen atoms in total. The van der Waals surface area contributed by atoms with Gasteiger partial charge in [0.05, 0.1) is 11.4 Å². The van der Waals surface area contributed by atoms with E-state index in [-0.39, 0.29) is 6.61 Å². The number of nitrogens with two attached hydrogens (primary N) is 2. The molecule has 120 valence electrons. The van der Waals surface area contributed by atoms with Gasteiger partial charge >= 0.3 is 6.09 Å². The molecule has 0 aromatic heterocycles. The van der Waals surface area contributed by atoms with E-state index in [1.54, 1.807) is 6.07 Å². The third-order valence-corrected chi connectivity index (χ3v) is 3.26. The van der Waals surface area contributed by atoms with Gasteiger partial charge in [0.1, 0.15) is 6.61 Å². The van der Waals surface area contributed by atoms with E-state index >= 15 is 0 Å². The molecule has 0 aliphatic rings. The first-order chi connectivity index (χ1) is 11.2. The fourth-order valence-corrected chi connectivity index (χ4v) is 1.99. The SMILES string of the molecule is Nc1cccc(C=CCCNC(=O)OCc2ccccc2)c1N. The zero-order valence-corrected chi connectivity index (χ0v) is 12.9. The Morgan fingerprint density at radius 1 is 1.09 bits per heavy atom. The average molecular weight is 311 g/mol. The highest BCUT2D eigenvalue weighted by Gasteiger charge is 2.01. The van der Waals surface area contributed by atoms with E-state index in [0.29, 0.717) is 24.3 Å². The minimum Gasteiger partial charge on any atom is -0.445 e. The van der Waals surface area contributed by atoms with Crippen molar-refractivity contribution in [3.05, 3.63) is 65.7 Å². The van der Waals surface area contributed by atoms with Crippen molar-refractivity contribution in [1.29, 1.82) is 0 Å². The molecular weight excluding hydrogens is 290 g/mol. The van der Waals surface area contributed by atoms with Gasteiger partial charge in [-0.1, -0.05) is 54.6 Å². The number of ether oxygens (including phenoxy) is 1. The van der Waals surface area contributed by atoms with Crippen molar-refractivity contribution in [3.8, 4) is 0 Å². The van der Waals surface area contributed by atoms with E-state index in [2.05, 4.69) is 5.32 Å². The summed E-state index contributed by atoms with van der Waals surface area (Å²) in [6.45, 7) is 0.759. The number of rotatable bonds is 6. The summed E-state index contributed by atoms with van der Waals surface area (Å²) in [5.41, 5.74) is 14.6. The molecule has 0 spiro atoms. The van der Waals surface area contributed by atoms with Crippen molar-refractivity contribution in [3.63, 3.8) is 0 Å². The summed E-state index contributed by atoms with van der Waals surface area (Å²) in [4.78, 5) is 11.6. The molecule has 0 heterocycles. The van der Waals surface area contributed by atoms with Crippen molar-refractivity contribution >= 4 is 23.5 Å². The van der Waals surface area contributed by atoms with Crippen LogP contribution in [0.1, 0.15) is 17.5 Å². The Balaban J connectivity index is 1.67. The molecule has 2 aromatic carbocycles. The maximum absolute atomic E-state index is 11.6. The second-order valence-corrected chi connectivity index (χ2v) is 5.03. The number of hydrogen-bond donors (Lipinski definition) is 3. The maximum atomic E-state index is 11.6. The summed E-state index contributed by atoms with van der Waals surface area (Å²) < 4.78 is 5.12. The van der Waals surface area contributed by atoms with Gasteiger partial charge in [0, 0.05) is 6.54 Å². The fourth-order valence-electron chi connectivity index (χ4n) is 1.99. The Hall–Kier alpha value is -2.95. The Morgan fingerprint density at radius 2 is 1.87 bits per heavy atom. The summed E-state index contributed by atoms with van der Waals surface area (Å²) in [5.74, 6) is 0. The molecule has 0 atom stereocenters. The van der Waals surface area contributed by atoms with Gasteiger partial charge in [-0.3, -0.25) is 0 Å². The highest BCUT2D eigenvalue weighted by atomic mass is 16.5.